The minimum absolute atomic E-state index is 0.0127. The molecule has 0 radical (unpaired) electrons. The largest absolute Gasteiger partial charge is 0.396 e. The van der Waals surface area contributed by atoms with E-state index in [9.17, 15) is 14.7 Å². The summed E-state index contributed by atoms with van der Waals surface area (Å²) in [6.45, 7) is 6.10. The Labute approximate surface area is 263 Å². The second kappa shape index (κ2) is 12.3. The first-order valence-electron chi connectivity index (χ1n) is 15.3. The van der Waals surface area contributed by atoms with E-state index in [1.165, 1.54) is 0 Å². The molecule has 4 aromatic rings. The summed E-state index contributed by atoms with van der Waals surface area (Å²) in [5.74, 6) is -0.571. The van der Waals surface area contributed by atoms with E-state index in [2.05, 4.69) is 10.3 Å². The Kier molecular flexibility index (Phi) is 8.42. The number of fused-ring (bicyclic) bond motifs is 2. The van der Waals surface area contributed by atoms with Crippen molar-refractivity contribution in [1.29, 1.82) is 0 Å². The summed E-state index contributed by atoms with van der Waals surface area (Å²) in [6, 6.07) is 24.6. The van der Waals surface area contributed by atoms with Gasteiger partial charge in [-0.15, -0.1) is 5.10 Å². The highest BCUT2D eigenvalue weighted by molar-refractivity contribution is 6.72. The minimum Gasteiger partial charge on any atom is -0.396 e. The fourth-order valence-corrected chi connectivity index (χ4v) is 9.71. The van der Waals surface area contributed by atoms with Crippen LogP contribution >= 0.6 is 0 Å². The van der Waals surface area contributed by atoms with Crippen molar-refractivity contribution in [1.82, 2.24) is 15.0 Å². The predicted octanol–water partition coefficient (Wildman–Crippen LogP) is 5.52. The molecule has 11 heteroatoms. The van der Waals surface area contributed by atoms with E-state index in [0.717, 1.165) is 28.9 Å². The number of anilines is 3. The van der Waals surface area contributed by atoms with Crippen LogP contribution in [0.15, 0.2) is 85.1 Å². The van der Waals surface area contributed by atoms with Crippen LogP contribution in [0.4, 0.5) is 21.2 Å². The fourth-order valence-electron chi connectivity index (χ4n) is 7.17. The van der Waals surface area contributed by atoms with Gasteiger partial charge in [-0.2, -0.15) is 0 Å². The van der Waals surface area contributed by atoms with Crippen LogP contribution in [-0.2, 0) is 39.4 Å². The summed E-state index contributed by atoms with van der Waals surface area (Å²) in [5, 5.41) is 17.5. The Morgan fingerprint density at radius 2 is 1.73 bits per heavy atom. The molecule has 4 atom stereocenters. The van der Waals surface area contributed by atoms with Crippen molar-refractivity contribution in [3.63, 3.8) is 0 Å². The van der Waals surface area contributed by atoms with Gasteiger partial charge in [0.05, 0.1) is 24.0 Å². The Balaban J connectivity index is 1.27. The van der Waals surface area contributed by atoms with E-state index in [1.807, 2.05) is 85.8 Å². The van der Waals surface area contributed by atoms with E-state index < -0.39 is 25.7 Å². The molecule has 6 rings (SSSR count). The summed E-state index contributed by atoms with van der Waals surface area (Å²) < 4.78 is 24.6. The molecular formula is C34H38FN5O4Si. The van der Waals surface area contributed by atoms with Crippen LogP contribution in [0.25, 0.3) is 0 Å². The number of aryl methyl sites for hydroxylation is 1. The number of carbonyl (C=O) groups excluding carboxylic acids is 2. The zero-order valence-electron chi connectivity index (χ0n) is 25.7. The number of aliphatic hydroxyl groups is 1. The fraction of sp³-hybridized carbons (Fsp3) is 0.353. The SMILES string of the molecule is C[C@H]1[C@H]([Si](C)(C)F)[C@@H](CCn2cc(CCO)nn2)O[C@]12C(=O)N(Cc1ccc(N(C=O)c3ccccc3)cc1)c1ccccc12. The molecule has 3 aromatic carbocycles. The maximum atomic E-state index is 16.1. The lowest BCUT2D eigenvalue weighted by Crippen LogP contribution is -2.45. The lowest BCUT2D eigenvalue weighted by atomic mass is 9.82. The van der Waals surface area contributed by atoms with Gasteiger partial charge in [-0.1, -0.05) is 60.7 Å². The van der Waals surface area contributed by atoms with Gasteiger partial charge in [0.2, 0.25) is 14.8 Å². The van der Waals surface area contributed by atoms with Gasteiger partial charge in [0.1, 0.15) is 0 Å². The standard InChI is InChI=1S/C34H38FN5O4Si/c1-24-32(45(2,3)35)31(17-19-38-22-26(18-20-41)36-37-38)44-34(24)29-11-7-8-12-30(29)39(33(34)43)21-25-13-15-28(16-14-25)40(23-42)27-9-5-4-6-10-27/h4-16,22-24,31-32,41H,17-21H2,1-3H3/t24-,31+,32-,34+/m0/s1. The van der Waals surface area contributed by atoms with Gasteiger partial charge in [0.15, 0.2) is 5.60 Å². The quantitative estimate of drug-likeness (QED) is 0.134. The molecule has 9 nitrogen and oxygen atoms in total. The minimum atomic E-state index is -3.29. The maximum absolute atomic E-state index is 16.1. The molecule has 0 saturated carbocycles. The number of nitrogens with zero attached hydrogens (tertiary/aromatic N) is 5. The second-order valence-electron chi connectivity index (χ2n) is 12.4. The number of amides is 2. The van der Waals surface area contributed by atoms with E-state index in [1.54, 1.807) is 33.8 Å². The number of benzene rings is 3. The van der Waals surface area contributed by atoms with Gasteiger partial charge in [0.25, 0.3) is 5.91 Å². The van der Waals surface area contributed by atoms with Gasteiger partial charge in [-0.25, -0.2) is 0 Å². The summed E-state index contributed by atoms with van der Waals surface area (Å²) in [5.41, 5.74) is 2.88. The molecule has 1 saturated heterocycles. The van der Waals surface area contributed by atoms with Crippen molar-refractivity contribution in [3.05, 3.63) is 102 Å². The average molecular weight is 628 g/mol. The van der Waals surface area contributed by atoms with Crippen LogP contribution in [0.1, 0.15) is 30.2 Å². The van der Waals surface area contributed by atoms with E-state index in [0.29, 0.717) is 37.3 Å². The highest BCUT2D eigenvalue weighted by Gasteiger charge is 2.66. The van der Waals surface area contributed by atoms with Crippen LogP contribution < -0.4 is 9.80 Å². The summed E-state index contributed by atoms with van der Waals surface area (Å²) in [4.78, 5) is 29.8. The first-order chi connectivity index (χ1) is 21.7. The van der Waals surface area contributed by atoms with Gasteiger partial charge >= 0.3 is 0 Å². The Bertz CT molecular complexity index is 1660. The summed E-state index contributed by atoms with van der Waals surface area (Å²) in [6.07, 6.45) is 2.98. The number of aliphatic hydroxyl groups excluding tert-OH is 1. The van der Waals surface area contributed by atoms with Crippen molar-refractivity contribution < 1.29 is 23.5 Å². The molecule has 2 aliphatic heterocycles. The zero-order chi connectivity index (χ0) is 31.8. The molecule has 0 bridgehead atoms. The smallest absolute Gasteiger partial charge is 0.264 e. The monoisotopic (exact) mass is 627 g/mol. The third-order valence-electron chi connectivity index (χ3n) is 9.16. The number of aromatic nitrogens is 3. The first-order valence-corrected chi connectivity index (χ1v) is 18.3. The molecule has 1 fully saturated rings. The van der Waals surface area contributed by atoms with Gasteiger partial charge in [-0.3, -0.25) is 19.2 Å². The molecule has 45 heavy (non-hydrogen) atoms. The van der Waals surface area contributed by atoms with E-state index in [4.69, 9.17) is 4.74 Å². The number of carbonyl (C=O) groups is 2. The molecular weight excluding hydrogens is 589 g/mol. The maximum Gasteiger partial charge on any atom is 0.264 e. The molecule has 234 valence electrons. The zero-order valence-corrected chi connectivity index (χ0v) is 26.7. The Hall–Kier alpha value is -4.19. The molecule has 2 amide bonds. The van der Waals surface area contributed by atoms with Crippen molar-refractivity contribution in [2.45, 2.75) is 63.2 Å². The normalized spacial score (nSPS) is 22.6. The highest BCUT2D eigenvalue weighted by atomic mass is 28.4. The highest BCUT2D eigenvalue weighted by Crippen LogP contribution is 2.60. The van der Waals surface area contributed by atoms with Crippen LogP contribution in [0.2, 0.25) is 18.6 Å². The lowest BCUT2D eigenvalue weighted by Gasteiger charge is -2.31. The molecule has 1 aromatic heterocycles. The van der Waals surface area contributed by atoms with Crippen LogP contribution in [-0.4, -0.2) is 53.5 Å². The predicted molar refractivity (Wildman–Crippen MR) is 172 cm³/mol. The molecule has 1 N–H and O–H groups in total. The Morgan fingerprint density at radius 1 is 1.04 bits per heavy atom. The molecule has 3 heterocycles. The van der Waals surface area contributed by atoms with Crippen LogP contribution in [0.3, 0.4) is 0 Å². The topological polar surface area (TPSA) is 101 Å². The number of halogens is 1. The van der Waals surface area contributed by atoms with E-state index in [-0.39, 0.29) is 18.4 Å². The van der Waals surface area contributed by atoms with E-state index >= 15 is 4.11 Å². The number of hydrogen-bond donors (Lipinski definition) is 1. The number of ether oxygens (including phenoxy) is 1. The summed E-state index contributed by atoms with van der Waals surface area (Å²) in [7, 11) is -3.29. The van der Waals surface area contributed by atoms with Gasteiger partial charge in [0, 0.05) is 54.2 Å². The van der Waals surface area contributed by atoms with Crippen molar-refractivity contribution >= 4 is 37.8 Å². The van der Waals surface area contributed by atoms with Crippen LogP contribution in [0, 0.1) is 5.92 Å². The third-order valence-corrected chi connectivity index (χ3v) is 11.6. The third kappa shape index (κ3) is 5.60. The molecule has 2 aliphatic rings. The Morgan fingerprint density at radius 3 is 2.42 bits per heavy atom. The lowest BCUT2D eigenvalue weighted by molar-refractivity contribution is -0.146. The molecule has 0 unspecified atom stereocenters. The second-order valence-corrected chi connectivity index (χ2v) is 16.2. The molecule has 0 aliphatic carbocycles. The van der Waals surface area contributed by atoms with Gasteiger partial charge < -0.3 is 18.9 Å². The number of hydrogen-bond acceptors (Lipinski definition) is 6. The van der Waals surface area contributed by atoms with Crippen molar-refractivity contribution in [2.75, 3.05) is 16.4 Å². The van der Waals surface area contributed by atoms with Gasteiger partial charge in [-0.05, 0) is 55.4 Å². The first kappa shape index (κ1) is 30.8. The number of rotatable bonds is 11. The van der Waals surface area contributed by atoms with Crippen molar-refractivity contribution in [3.8, 4) is 0 Å². The van der Waals surface area contributed by atoms with Crippen molar-refractivity contribution in [2.24, 2.45) is 5.92 Å². The number of para-hydroxylation sites is 2. The average Bonchev–Trinajstić information content (AvgIpc) is 3.68. The molecule has 1 spiro atoms. The summed E-state index contributed by atoms with van der Waals surface area (Å²) >= 11 is 0. The van der Waals surface area contributed by atoms with Crippen LogP contribution in [0.5, 0.6) is 0 Å².